The van der Waals surface area contributed by atoms with Crippen LogP contribution in [0.15, 0.2) is 0 Å². The van der Waals surface area contributed by atoms with Gasteiger partial charge in [0.1, 0.15) is 0 Å². The highest BCUT2D eigenvalue weighted by Crippen LogP contribution is 1.70. The fraction of sp³-hybridized carbons (Fsp3) is 0.500. The molecular weight excluding hydrogens is 106 g/mol. The SMILES string of the molecule is [CH2]C(O)CNC(=N)N. The number of guanidine groups is 1. The van der Waals surface area contributed by atoms with Crippen molar-refractivity contribution in [1.82, 2.24) is 5.32 Å². The van der Waals surface area contributed by atoms with E-state index < -0.39 is 6.10 Å². The molecule has 0 saturated heterocycles. The normalized spacial score (nSPS) is 12.8. The van der Waals surface area contributed by atoms with Gasteiger partial charge in [-0.15, -0.1) is 0 Å². The molecule has 0 aromatic heterocycles. The molecule has 0 saturated carbocycles. The van der Waals surface area contributed by atoms with Crippen molar-refractivity contribution < 1.29 is 5.11 Å². The number of aliphatic hydroxyl groups is 1. The zero-order chi connectivity index (χ0) is 6.57. The van der Waals surface area contributed by atoms with Gasteiger partial charge >= 0.3 is 0 Å². The van der Waals surface area contributed by atoms with Gasteiger partial charge in [0.25, 0.3) is 0 Å². The van der Waals surface area contributed by atoms with E-state index in [4.69, 9.17) is 16.2 Å². The average molecular weight is 116 g/mol. The van der Waals surface area contributed by atoms with Crippen molar-refractivity contribution >= 4 is 5.96 Å². The standard InChI is InChI=1S/C4H10N3O/c1-3(8)2-7-4(5)6/h3,8H,1-2H2,(H4,5,6,7). The topological polar surface area (TPSA) is 82.1 Å². The average Bonchev–Trinajstić information content (AvgIpc) is 1.61. The zero-order valence-electron chi connectivity index (χ0n) is 4.52. The van der Waals surface area contributed by atoms with Gasteiger partial charge in [0.05, 0.1) is 6.10 Å². The highest BCUT2D eigenvalue weighted by atomic mass is 16.3. The van der Waals surface area contributed by atoms with Crippen LogP contribution in [0.5, 0.6) is 0 Å². The van der Waals surface area contributed by atoms with Gasteiger partial charge < -0.3 is 16.2 Å². The number of hydrogen-bond donors (Lipinski definition) is 4. The lowest BCUT2D eigenvalue weighted by Gasteiger charge is -2.03. The minimum Gasteiger partial charge on any atom is -0.391 e. The summed E-state index contributed by atoms with van der Waals surface area (Å²) in [7, 11) is 0. The summed E-state index contributed by atoms with van der Waals surface area (Å²) in [6.07, 6.45) is -0.695. The molecule has 0 bridgehead atoms. The lowest BCUT2D eigenvalue weighted by Crippen LogP contribution is -2.35. The Bertz CT molecular complexity index is 81.4. The highest BCUT2D eigenvalue weighted by molar-refractivity contribution is 5.74. The number of nitrogens with one attached hydrogen (secondary N) is 2. The molecule has 0 aliphatic rings. The summed E-state index contributed by atoms with van der Waals surface area (Å²) in [6, 6.07) is 0. The number of hydrogen-bond acceptors (Lipinski definition) is 2. The maximum absolute atomic E-state index is 8.48. The molecule has 0 aliphatic carbocycles. The summed E-state index contributed by atoms with van der Waals surface area (Å²) in [5.41, 5.74) is 4.87. The van der Waals surface area contributed by atoms with Gasteiger partial charge in [-0.2, -0.15) is 0 Å². The second-order valence-electron chi connectivity index (χ2n) is 1.45. The van der Waals surface area contributed by atoms with Crippen molar-refractivity contribution in [3.63, 3.8) is 0 Å². The largest absolute Gasteiger partial charge is 0.391 e. The molecule has 0 spiro atoms. The Labute approximate surface area is 48.2 Å². The van der Waals surface area contributed by atoms with E-state index in [1.807, 2.05) is 0 Å². The Kier molecular flexibility index (Phi) is 2.95. The third-order valence-corrected chi connectivity index (χ3v) is 0.528. The van der Waals surface area contributed by atoms with E-state index in [0.717, 1.165) is 0 Å². The lowest BCUT2D eigenvalue weighted by atomic mass is 10.4. The summed E-state index contributed by atoms with van der Waals surface area (Å²) in [5.74, 6) is -0.146. The molecule has 0 aliphatic heterocycles. The second-order valence-corrected chi connectivity index (χ2v) is 1.45. The van der Waals surface area contributed by atoms with Crippen LogP contribution >= 0.6 is 0 Å². The quantitative estimate of drug-likeness (QED) is 0.266. The summed E-state index contributed by atoms with van der Waals surface area (Å²) >= 11 is 0. The fourth-order valence-corrected chi connectivity index (χ4v) is 0.228. The first-order valence-corrected chi connectivity index (χ1v) is 2.22. The molecule has 4 nitrogen and oxygen atoms in total. The van der Waals surface area contributed by atoms with Crippen LogP contribution in [0.2, 0.25) is 0 Å². The summed E-state index contributed by atoms with van der Waals surface area (Å²) in [6.45, 7) is 3.48. The van der Waals surface area contributed by atoms with E-state index in [1.54, 1.807) is 0 Å². The number of nitrogens with two attached hydrogens (primary N) is 1. The molecule has 1 atom stereocenters. The van der Waals surface area contributed by atoms with E-state index in [2.05, 4.69) is 12.2 Å². The summed E-state index contributed by atoms with van der Waals surface area (Å²) < 4.78 is 0. The molecule has 8 heavy (non-hydrogen) atoms. The van der Waals surface area contributed by atoms with E-state index in [0.29, 0.717) is 0 Å². The second kappa shape index (κ2) is 3.26. The Balaban J connectivity index is 3.05. The van der Waals surface area contributed by atoms with Crippen molar-refractivity contribution in [3.8, 4) is 0 Å². The molecule has 0 aromatic rings. The predicted molar refractivity (Wildman–Crippen MR) is 31.3 cm³/mol. The van der Waals surface area contributed by atoms with Crippen LogP contribution in [0.1, 0.15) is 0 Å². The first-order valence-electron chi connectivity index (χ1n) is 2.22. The van der Waals surface area contributed by atoms with Crippen LogP contribution in [0.3, 0.4) is 0 Å². The summed E-state index contributed by atoms with van der Waals surface area (Å²) in [5, 5.41) is 17.5. The highest BCUT2D eigenvalue weighted by Gasteiger charge is 1.92. The van der Waals surface area contributed by atoms with E-state index in [-0.39, 0.29) is 12.5 Å². The smallest absolute Gasteiger partial charge is 0.185 e. The molecule has 0 rings (SSSR count). The Morgan fingerprint density at radius 1 is 2.00 bits per heavy atom. The van der Waals surface area contributed by atoms with Gasteiger partial charge in [-0.05, 0) is 6.92 Å². The van der Waals surface area contributed by atoms with Gasteiger partial charge in [-0.25, -0.2) is 0 Å². The monoisotopic (exact) mass is 116 g/mol. The van der Waals surface area contributed by atoms with E-state index >= 15 is 0 Å². The van der Waals surface area contributed by atoms with Gasteiger partial charge in [0.2, 0.25) is 0 Å². The van der Waals surface area contributed by atoms with Gasteiger partial charge in [0.15, 0.2) is 5.96 Å². The van der Waals surface area contributed by atoms with E-state index in [1.165, 1.54) is 0 Å². The summed E-state index contributed by atoms with van der Waals surface area (Å²) in [4.78, 5) is 0. The molecule has 47 valence electrons. The fourth-order valence-electron chi connectivity index (χ4n) is 0.228. The van der Waals surface area contributed by atoms with E-state index in [9.17, 15) is 0 Å². The molecule has 0 heterocycles. The molecule has 0 fully saturated rings. The van der Waals surface area contributed by atoms with Crippen molar-refractivity contribution in [1.29, 1.82) is 5.41 Å². The Morgan fingerprint density at radius 3 is 2.62 bits per heavy atom. The number of rotatable bonds is 2. The first-order chi connectivity index (χ1) is 3.63. The first kappa shape index (κ1) is 7.23. The van der Waals surface area contributed by atoms with Crippen molar-refractivity contribution in [2.75, 3.05) is 6.54 Å². The van der Waals surface area contributed by atoms with Gasteiger partial charge in [0, 0.05) is 6.54 Å². The zero-order valence-corrected chi connectivity index (χ0v) is 4.52. The Morgan fingerprint density at radius 2 is 2.50 bits per heavy atom. The van der Waals surface area contributed by atoms with Crippen molar-refractivity contribution in [2.45, 2.75) is 6.10 Å². The maximum atomic E-state index is 8.48. The molecule has 0 aromatic carbocycles. The third kappa shape index (κ3) is 5.23. The van der Waals surface area contributed by atoms with Crippen molar-refractivity contribution in [3.05, 3.63) is 6.92 Å². The number of aliphatic hydroxyl groups excluding tert-OH is 1. The van der Waals surface area contributed by atoms with Crippen molar-refractivity contribution in [2.24, 2.45) is 5.73 Å². The van der Waals surface area contributed by atoms with Crippen LogP contribution < -0.4 is 11.1 Å². The minimum absolute atomic E-state index is 0.146. The molecule has 1 radical (unpaired) electrons. The maximum Gasteiger partial charge on any atom is 0.185 e. The molecule has 4 heteroatoms. The molecular formula is C4H10N3O. The Hall–Kier alpha value is -0.770. The van der Waals surface area contributed by atoms with Gasteiger partial charge in [-0.1, -0.05) is 0 Å². The van der Waals surface area contributed by atoms with Crippen LogP contribution in [-0.4, -0.2) is 23.7 Å². The van der Waals surface area contributed by atoms with Gasteiger partial charge in [-0.3, -0.25) is 5.41 Å². The minimum atomic E-state index is -0.695. The lowest BCUT2D eigenvalue weighted by molar-refractivity contribution is 0.223. The molecule has 1 unspecified atom stereocenters. The predicted octanol–water partition coefficient (Wildman–Crippen LogP) is -1.34. The van der Waals surface area contributed by atoms with Crippen LogP contribution in [0, 0.1) is 12.3 Å². The van der Waals surface area contributed by atoms with Crippen LogP contribution in [0.4, 0.5) is 0 Å². The van der Waals surface area contributed by atoms with Crippen LogP contribution in [0.25, 0.3) is 0 Å². The van der Waals surface area contributed by atoms with Crippen LogP contribution in [-0.2, 0) is 0 Å². The third-order valence-electron chi connectivity index (χ3n) is 0.528. The molecule has 5 N–H and O–H groups in total. The molecule has 0 amide bonds.